The van der Waals surface area contributed by atoms with Gasteiger partial charge in [0.15, 0.2) is 0 Å². The first-order chi connectivity index (χ1) is 9.40. The van der Waals surface area contributed by atoms with Crippen molar-refractivity contribution >= 4 is 0 Å². The Morgan fingerprint density at radius 3 is 3.05 bits per heavy atom. The maximum absolute atomic E-state index is 5.85. The third-order valence-corrected chi connectivity index (χ3v) is 3.52. The highest BCUT2D eigenvalue weighted by Crippen LogP contribution is 2.33. The van der Waals surface area contributed by atoms with Gasteiger partial charge in [-0.05, 0) is 36.2 Å². The second-order valence-corrected chi connectivity index (χ2v) is 4.67. The highest BCUT2D eigenvalue weighted by molar-refractivity contribution is 5.68. The molecule has 1 unspecified atom stereocenters. The Bertz CT molecular complexity index is 557. The Morgan fingerprint density at radius 2 is 2.26 bits per heavy atom. The lowest BCUT2D eigenvalue weighted by Crippen LogP contribution is -2.25. The Labute approximate surface area is 112 Å². The number of hydrogen-bond acceptors (Lipinski definition) is 4. The van der Waals surface area contributed by atoms with E-state index in [-0.39, 0.29) is 6.10 Å². The number of ether oxygens (including phenoxy) is 1. The molecule has 0 fully saturated rings. The highest BCUT2D eigenvalue weighted by atomic mass is 16.5. The van der Waals surface area contributed by atoms with E-state index < -0.39 is 0 Å². The fourth-order valence-corrected chi connectivity index (χ4v) is 2.65. The molecule has 1 aliphatic rings. The first-order valence-corrected chi connectivity index (χ1v) is 6.55. The summed E-state index contributed by atoms with van der Waals surface area (Å²) < 4.78 is 5.85. The molecule has 0 bridgehead atoms. The first-order valence-electron chi connectivity index (χ1n) is 6.55. The molecule has 0 amide bonds. The number of hydrogen-bond donors (Lipinski definition) is 1. The number of rotatable bonds is 3. The van der Waals surface area contributed by atoms with Crippen LogP contribution in [0.3, 0.4) is 0 Å². The molecule has 0 radical (unpaired) electrons. The van der Waals surface area contributed by atoms with Gasteiger partial charge in [0.05, 0.1) is 25.1 Å². The van der Waals surface area contributed by atoms with Crippen LogP contribution >= 0.6 is 0 Å². The minimum atomic E-state index is 0.142. The number of nitrogens with zero attached hydrogens (tertiary/aromatic N) is 2. The Morgan fingerprint density at radius 1 is 1.32 bits per heavy atom. The Balaban J connectivity index is 2.06. The smallest absolute Gasteiger partial charge is 0.0952 e. The third kappa shape index (κ3) is 2.37. The van der Waals surface area contributed by atoms with Gasteiger partial charge in [0.2, 0.25) is 0 Å². The summed E-state index contributed by atoms with van der Waals surface area (Å²) in [5, 5.41) is 11.0. The van der Waals surface area contributed by atoms with Crippen molar-refractivity contribution in [3.8, 4) is 11.1 Å². The standard InChI is InChI=1S/C15H17N3O/c1-16-10-15-14-4-2-3-12(13(14)6-8-19-15)11-5-7-17-18-9-11/h2-5,7,9,15-16H,6,8,10H2,1H3. The zero-order valence-corrected chi connectivity index (χ0v) is 11.0. The van der Waals surface area contributed by atoms with Gasteiger partial charge in [-0.3, -0.25) is 0 Å². The monoisotopic (exact) mass is 255 g/mol. The molecule has 19 heavy (non-hydrogen) atoms. The molecule has 0 saturated heterocycles. The molecular weight excluding hydrogens is 238 g/mol. The van der Waals surface area contributed by atoms with E-state index in [1.165, 1.54) is 16.7 Å². The normalized spacial score (nSPS) is 18.1. The van der Waals surface area contributed by atoms with Crippen LogP contribution in [0.15, 0.2) is 36.7 Å². The van der Waals surface area contributed by atoms with Crippen LogP contribution in [0.2, 0.25) is 0 Å². The van der Waals surface area contributed by atoms with Gasteiger partial charge in [-0.1, -0.05) is 18.2 Å². The van der Waals surface area contributed by atoms with Gasteiger partial charge in [-0.25, -0.2) is 0 Å². The van der Waals surface area contributed by atoms with Crippen LogP contribution in [-0.2, 0) is 11.2 Å². The van der Waals surface area contributed by atoms with Crippen LogP contribution in [0.5, 0.6) is 0 Å². The molecule has 4 heteroatoms. The molecule has 0 saturated carbocycles. The van der Waals surface area contributed by atoms with E-state index in [9.17, 15) is 0 Å². The van der Waals surface area contributed by atoms with Crippen LogP contribution in [0.25, 0.3) is 11.1 Å². The van der Waals surface area contributed by atoms with E-state index in [1.54, 1.807) is 6.20 Å². The molecular formula is C15H17N3O. The molecule has 2 heterocycles. The van der Waals surface area contributed by atoms with Crippen molar-refractivity contribution in [3.63, 3.8) is 0 Å². The lowest BCUT2D eigenvalue weighted by atomic mass is 9.90. The minimum absolute atomic E-state index is 0.142. The molecule has 1 aliphatic heterocycles. The molecule has 98 valence electrons. The van der Waals surface area contributed by atoms with Gasteiger partial charge in [0, 0.05) is 12.1 Å². The van der Waals surface area contributed by atoms with Crippen molar-refractivity contribution in [3.05, 3.63) is 47.8 Å². The number of fused-ring (bicyclic) bond motifs is 1. The summed E-state index contributed by atoms with van der Waals surface area (Å²) in [5.41, 5.74) is 5.03. The zero-order valence-electron chi connectivity index (χ0n) is 11.0. The lowest BCUT2D eigenvalue weighted by Gasteiger charge is -2.27. The van der Waals surface area contributed by atoms with E-state index in [4.69, 9.17) is 4.74 Å². The lowest BCUT2D eigenvalue weighted by molar-refractivity contribution is 0.0440. The summed E-state index contributed by atoms with van der Waals surface area (Å²) in [6.45, 7) is 1.61. The van der Waals surface area contributed by atoms with Crippen LogP contribution in [0.1, 0.15) is 17.2 Å². The predicted octanol–water partition coefficient (Wildman–Crippen LogP) is 1.98. The van der Waals surface area contributed by atoms with E-state index in [0.717, 1.165) is 25.1 Å². The van der Waals surface area contributed by atoms with Crippen LogP contribution in [0.4, 0.5) is 0 Å². The largest absolute Gasteiger partial charge is 0.372 e. The number of aromatic nitrogens is 2. The molecule has 4 nitrogen and oxygen atoms in total. The van der Waals surface area contributed by atoms with Crippen LogP contribution in [0, 0.1) is 0 Å². The van der Waals surface area contributed by atoms with E-state index in [1.807, 2.05) is 19.3 Å². The van der Waals surface area contributed by atoms with Gasteiger partial charge in [0.1, 0.15) is 0 Å². The SMILES string of the molecule is CNCC1OCCc2c(-c3ccnnc3)cccc21. The fourth-order valence-electron chi connectivity index (χ4n) is 2.65. The molecule has 1 aromatic carbocycles. The molecule has 1 aromatic heterocycles. The van der Waals surface area contributed by atoms with Crippen molar-refractivity contribution in [2.24, 2.45) is 0 Å². The second-order valence-electron chi connectivity index (χ2n) is 4.67. The summed E-state index contributed by atoms with van der Waals surface area (Å²) in [6, 6.07) is 8.41. The molecule has 0 aliphatic carbocycles. The zero-order chi connectivity index (χ0) is 13.1. The number of likely N-dealkylation sites (N-methyl/N-ethyl adjacent to an activating group) is 1. The van der Waals surface area contributed by atoms with Gasteiger partial charge >= 0.3 is 0 Å². The van der Waals surface area contributed by atoms with E-state index in [0.29, 0.717) is 0 Å². The highest BCUT2D eigenvalue weighted by Gasteiger charge is 2.22. The summed E-state index contributed by atoms with van der Waals surface area (Å²) in [5.74, 6) is 0. The Hall–Kier alpha value is -1.78. The van der Waals surface area contributed by atoms with E-state index in [2.05, 4.69) is 33.7 Å². The summed E-state index contributed by atoms with van der Waals surface area (Å²) in [6.07, 6.45) is 4.65. The Kier molecular flexibility index (Phi) is 3.53. The number of benzene rings is 1. The quantitative estimate of drug-likeness (QED) is 0.911. The van der Waals surface area contributed by atoms with Crippen molar-refractivity contribution in [2.45, 2.75) is 12.5 Å². The average Bonchev–Trinajstić information content (AvgIpc) is 2.48. The van der Waals surface area contributed by atoms with Gasteiger partial charge in [-0.2, -0.15) is 10.2 Å². The summed E-state index contributed by atoms with van der Waals surface area (Å²) in [4.78, 5) is 0. The van der Waals surface area contributed by atoms with Crippen LogP contribution < -0.4 is 5.32 Å². The van der Waals surface area contributed by atoms with Crippen molar-refractivity contribution in [2.75, 3.05) is 20.2 Å². The molecule has 1 N–H and O–H groups in total. The van der Waals surface area contributed by atoms with Gasteiger partial charge in [0.25, 0.3) is 0 Å². The van der Waals surface area contributed by atoms with Crippen molar-refractivity contribution < 1.29 is 4.74 Å². The summed E-state index contributed by atoms with van der Waals surface area (Å²) in [7, 11) is 1.95. The minimum Gasteiger partial charge on any atom is -0.372 e. The number of nitrogens with one attached hydrogen (secondary N) is 1. The van der Waals surface area contributed by atoms with Crippen molar-refractivity contribution in [1.29, 1.82) is 0 Å². The van der Waals surface area contributed by atoms with E-state index >= 15 is 0 Å². The molecule has 2 aromatic rings. The summed E-state index contributed by atoms with van der Waals surface area (Å²) >= 11 is 0. The van der Waals surface area contributed by atoms with Gasteiger partial charge < -0.3 is 10.1 Å². The van der Waals surface area contributed by atoms with Gasteiger partial charge in [-0.15, -0.1) is 0 Å². The maximum Gasteiger partial charge on any atom is 0.0952 e. The second kappa shape index (κ2) is 5.47. The molecule has 1 atom stereocenters. The average molecular weight is 255 g/mol. The van der Waals surface area contributed by atoms with Crippen molar-refractivity contribution in [1.82, 2.24) is 15.5 Å². The maximum atomic E-state index is 5.85. The molecule has 0 spiro atoms. The molecule has 3 rings (SSSR count). The third-order valence-electron chi connectivity index (χ3n) is 3.52. The van der Waals surface area contributed by atoms with Crippen LogP contribution in [-0.4, -0.2) is 30.4 Å². The predicted molar refractivity (Wildman–Crippen MR) is 73.8 cm³/mol. The fraction of sp³-hybridized carbons (Fsp3) is 0.333. The first kappa shape index (κ1) is 12.3. The topological polar surface area (TPSA) is 47.0 Å².